The molecule has 0 aromatic rings. The van der Waals surface area contributed by atoms with Crippen LogP contribution in [0.4, 0.5) is 0 Å². The molecule has 2 aliphatic rings. The SMILES string of the molecule is COC12CCC(O1)C(C#N)C2C#N. The quantitative estimate of drug-likeness (QED) is 0.595. The minimum Gasteiger partial charge on any atom is -0.352 e. The summed E-state index contributed by atoms with van der Waals surface area (Å²) in [6.45, 7) is 0. The van der Waals surface area contributed by atoms with Gasteiger partial charge >= 0.3 is 0 Å². The van der Waals surface area contributed by atoms with Gasteiger partial charge in [-0.2, -0.15) is 10.5 Å². The fraction of sp³-hybridized carbons (Fsp3) is 0.778. The van der Waals surface area contributed by atoms with Gasteiger partial charge < -0.3 is 9.47 Å². The van der Waals surface area contributed by atoms with Crippen molar-refractivity contribution in [3.8, 4) is 12.1 Å². The van der Waals surface area contributed by atoms with Gasteiger partial charge in [-0.15, -0.1) is 0 Å². The van der Waals surface area contributed by atoms with Gasteiger partial charge in [-0.25, -0.2) is 0 Å². The van der Waals surface area contributed by atoms with Crippen LogP contribution in [0.25, 0.3) is 0 Å². The molecule has 68 valence electrons. The first-order valence-electron chi connectivity index (χ1n) is 4.29. The molecule has 0 aromatic carbocycles. The summed E-state index contributed by atoms with van der Waals surface area (Å²) >= 11 is 0. The van der Waals surface area contributed by atoms with Crippen LogP contribution in [0.15, 0.2) is 0 Å². The lowest BCUT2D eigenvalue weighted by Crippen LogP contribution is -2.38. The number of hydrogen-bond acceptors (Lipinski definition) is 4. The van der Waals surface area contributed by atoms with Crippen LogP contribution in [0.3, 0.4) is 0 Å². The Kier molecular flexibility index (Phi) is 1.76. The molecule has 2 aliphatic heterocycles. The molecule has 0 aromatic heterocycles. The van der Waals surface area contributed by atoms with E-state index in [-0.39, 0.29) is 12.0 Å². The Hall–Kier alpha value is -1.10. The Bertz CT molecular complexity index is 304. The molecule has 4 unspecified atom stereocenters. The van der Waals surface area contributed by atoms with Gasteiger partial charge in [0.15, 0.2) is 5.79 Å². The van der Waals surface area contributed by atoms with Gasteiger partial charge in [0.1, 0.15) is 5.92 Å². The van der Waals surface area contributed by atoms with Crippen LogP contribution in [-0.2, 0) is 9.47 Å². The zero-order valence-electron chi connectivity index (χ0n) is 7.36. The summed E-state index contributed by atoms with van der Waals surface area (Å²) in [4.78, 5) is 0. The number of ether oxygens (including phenoxy) is 2. The van der Waals surface area contributed by atoms with Gasteiger partial charge in [0, 0.05) is 13.5 Å². The van der Waals surface area contributed by atoms with Gasteiger partial charge in [-0.1, -0.05) is 0 Å². The van der Waals surface area contributed by atoms with Crippen molar-refractivity contribution in [2.75, 3.05) is 7.11 Å². The predicted molar refractivity (Wildman–Crippen MR) is 42.1 cm³/mol. The van der Waals surface area contributed by atoms with E-state index in [0.29, 0.717) is 0 Å². The van der Waals surface area contributed by atoms with Crippen LogP contribution < -0.4 is 0 Å². The van der Waals surface area contributed by atoms with E-state index < -0.39 is 11.7 Å². The Morgan fingerprint density at radius 3 is 2.77 bits per heavy atom. The van der Waals surface area contributed by atoms with E-state index in [1.54, 1.807) is 0 Å². The lowest BCUT2D eigenvalue weighted by molar-refractivity contribution is -0.193. The summed E-state index contributed by atoms with van der Waals surface area (Å²) in [6, 6.07) is 4.24. The van der Waals surface area contributed by atoms with E-state index in [0.717, 1.165) is 12.8 Å². The lowest BCUT2D eigenvalue weighted by Gasteiger charge is -2.27. The van der Waals surface area contributed by atoms with Crippen molar-refractivity contribution in [1.82, 2.24) is 0 Å². The van der Waals surface area contributed by atoms with E-state index in [9.17, 15) is 0 Å². The number of nitrogens with zero attached hydrogens (tertiary/aromatic N) is 2. The van der Waals surface area contributed by atoms with Crippen LogP contribution in [0, 0.1) is 34.5 Å². The third-order valence-electron chi connectivity index (χ3n) is 3.00. The van der Waals surface area contributed by atoms with Crippen molar-refractivity contribution in [1.29, 1.82) is 10.5 Å². The monoisotopic (exact) mass is 178 g/mol. The number of methoxy groups -OCH3 is 1. The summed E-state index contributed by atoms with van der Waals surface area (Å²) in [7, 11) is 1.53. The molecule has 0 aliphatic carbocycles. The second-order valence-corrected chi connectivity index (χ2v) is 3.47. The predicted octanol–water partition coefficient (Wildman–Crippen LogP) is 0.801. The first-order chi connectivity index (χ1) is 6.27. The summed E-state index contributed by atoms with van der Waals surface area (Å²) in [5.74, 6) is -1.54. The zero-order valence-corrected chi connectivity index (χ0v) is 7.36. The first-order valence-corrected chi connectivity index (χ1v) is 4.29. The van der Waals surface area contributed by atoms with Crippen molar-refractivity contribution in [2.24, 2.45) is 11.8 Å². The van der Waals surface area contributed by atoms with Crippen LogP contribution in [0.2, 0.25) is 0 Å². The molecule has 2 bridgehead atoms. The smallest absolute Gasteiger partial charge is 0.185 e. The van der Waals surface area contributed by atoms with Gasteiger partial charge in [0.25, 0.3) is 0 Å². The zero-order chi connectivity index (χ0) is 9.47. The molecule has 2 saturated heterocycles. The Balaban J connectivity index is 2.33. The average molecular weight is 178 g/mol. The second kappa shape index (κ2) is 2.70. The van der Waals surface area contributed by atoms with Crippen LogP contribution in [0.5, 0.6) is 0 Å². The molecule has 0 N–H and O–H groups in total. The molecular weight excluding hydrogens is 168 g/mol. The van der Waals surface area contributed by atoms with Crippen molar-refractivity contribution < 1.29 is 9.47 Å². The fourth-order valence-corrected chi connectivity index (χ4v) is 2.30. The Labute approximate surface area is 76.7 Å². The second-order valence-electron chi connectivity index (χ2n) is 3.47. The third-order valence-corrected chi connectivity index (χ3v) is 3.00. The maximum atomic E-state index is 8.92. The molecule has 4 atom stereocenters. The van der Waals surface area contributed by atoms with Gasteiger partial charge in [-0.05, 0) is 6.42 Å². The van der Waals surface area contributed by atoms with Crippen molar-refractivity contribution in [2.45, 2.75) is 24.7 Å². The molecule has 0 radical (unpaired) electrons. The Morgan fingerprint density at radius 1 is 1.46 bits per heavy atom. The summed E-state index contributed by atoms with van der Waals surface area (Å²) in [6.07, 6.45) is 1.45. The van der Waals surface area contributed by atoms with Crippen LogP contribution >= 0.6 is 0 Å². The van der Waals surface area contributed by atoms with Gasteiger partial charge in [0.2, 0.25) is 0 Å². The Morgan fingerprint density at radius 2 is 2.23 bits per heavy atom. The topological polar surface area (TPSA) is 66.0 Å². The standard InChI is InChI=1S/C9H10N2O2/c1-12-9-3-2-8(13-9)6(4-10)7(9)5-11/h6-8H,2-3H2,1H3. The van der Waals surface area contributed by atoms with Crippen molar-refractivity contribution in [3.05, 3.63) is 0 Å². The fourth-order valence-electron chi connectivity index (χ4n) is 2.30. The molecule has 4 heteroatoms. The maximum absolute atomic E-state index is 8.92. The minimum absolute atomic E-state index is 0.102. The normalized spacial score (nSPS) is 47.2. The molecule has 13 heavy (non-hydrogen) atoms. The highest BCUT2D eigenvalue weighted by atomic mass is 16.7. The third kappa shape index (κ3) is 0.904. The minimum atomic E-state index is -0.792. The summed E-state index contributed by atoms with van der Waals surface area (Å²) in [5, 5.41) is 17.8. The largest absolute Gasteiger partial charge is 0.352 e. The molecule has 2 fully saturated rings. The van der Waals surface area contributed by atoms with Crippen molar-refractivity contribution >= 4 is 0 Å². The van der Waals surface area contributed by atoms with E-state index >= 15 is 0 Å². The first kappa shape index (κ1) is 8.50. The molecular formula is C9H10N2O2. The molecule has 0 spiro atoms. The number of hydrogen-bond donors (Lipinski definition) is 0. The highest BCUT2D eigenvalue weighted by Gasteiger charge is 2.60. The highest BCUT2D eigenvalue weighted by molar-refractivity contribution is 5.15. The molecule has 0 saturated carbocycles. The summed E-state index contributed by atoms with van der Waals surface area (Å²) < 4.78 is 10.8. The number of fused-ring (bicyclic) bond motifs is 2. The number of rotatable bonds is 1. The van der Waals surface area contributed by atoms with Crippen LogP contribution in [0.1, 0.15) is 12.8 Å². The average Bonchev–Trinajstić information content (AvgIpc) is 2.72. The van der Waals surface area contributed by atoms with E-state index in [1.165, 1.54) is 7.11 Å². The number of nitriles is 2. The highest BCUT2D eigenvalue weighted by Crippen LogP contribution is 2.50. The molecule has 2 rings (SSSR count). The van der Waals surface area contributed by atoms with Gasteiger partial charge in [0.05, 0.1) is 24.2 Å². The molecule has 0 amide bonds. The molecule has 2 heterocycles. The summed E-state index contributed by atoms with van der Waals surface area (Å²) in [5.41, 5.74) is 0. The van der Waals surface area contributed by atoms with Gasteiger partial charge in [-0.3, -0.25) is 0 Å². The van der Waals surface area contributed by atoms with E-state index in [1.807, 2.05) is 0 Å². The lowest BCUT2D eigenvalue weighted by atomic mass is 9.79. The van der Waals surface area contributed by atoms with E-state index in [2.05, 4.69) is 12.1 Å². The van der Waals surface area contributed by atoms with E-state index in [4.69, 9.17) is 20.0 Å². The van der Waals surface area contributed by atoms with Crippen LogP contribution in [-0.4, -0.2) is 19.0 Å². The van der Waals surface area contributed by atoms with Crippen molar-refractivity contribution in [3.63, 3.8) is 0 Å². The molecule has 4 nitrogen and oxygen atoms in total. The maximum Gasteiger partial charge on any atom is 0.185 e.